The van der Waals surface area contributed by atoms with Gasteiger partial charge in [0.2, 0.25) is 0 Å². The molecule has 0 aliphatic rings. The molecule has 84 valence electrons. The molecule has 0 saturated heterocycles. The van der Waals surface area contributed by atoms with Gasteiger partial charge in [-0.15, -0.1) is 0 Å². The van der Waals surface area contributed by atoms with E-state index < -0.39 is 0 Å². The van der Waals surface area contributed by atoms with E-state index in [1.54, 1.807) is 4.52 Å². The Hall–Kier alpha value is -1.43. The highest BCUT2D eigenvalue weighted by Crippen LogP contribution is 2.11. The fourth-order valence-electron chi connectivity index (χ4n) is 1.33. The second-order valence-electron chi connectivity index (χ2n) is 3.25. The van der Waals surface area contributed by atoms with E-state index in [9.17, 15) is 4.79 Å². The lowest BCUT2D eigenvalue weighted by Crippen LogP contribution is -2.02. The number of esters is 1. The summed E-state index contributed by atoms with van der Waals surface area (Å²) in [6.07, 6.45) is 2.62. The maximum atomic E-state index is 11.0. The molecule has 2 heterocycles. The van der Waals surface area contributed by atoms with E-state index in [1.807, 2.05) is 18.3 Å². The second-order valence-corrected chi connectivity index (χ2v) is 4.17. The third kappa shape index (κ3) is 2.38. The fourth-order valence-corrected chi connectivity index (χ4v) is 1.65. The number of hydrogen-bond donors (Lipinski definition) is 0. The summed E-state index contributed by atoms with van der Waals surface area (Å²) in [4.78, 5) is 15.2. The van der Waals surface area contributed by atoms with Crippen LogP contribution in [0.5, 0.6) is 0 Å². The third-order valence-electron chi connectivity index (χ3n) is 2.12. The Morgan fingerprint density at radius 2 is 2.38 bits per heavy atom. The molecule has 2 aromatic rings. The Morgan fingerprint density at radius 3 is 3.12 bits per heavy atom. The van der Waals surface area contributed by atoms with Crippen LogP contribution in [0.25, 0.3) is 5.65 Å². The standard InChI is InChI=1S/C10H10BrN3O2/c1-16-10(15)5-3-8-12-9-4-2-7(11)6-14(9)13-8/h2,4,6H,3,5H2,1H3. The molecule has 0 amide bonds. The number of ether oxygens (including phenoxy) is 1. The molecule has 6 heteroatoms. The molecule has 0 aliphatic heterocycles. The third-order valence-corrected chi connectivity index (χ3v) is 2.59. The van der Waals surface area contributed by atoms with Gasteiger partial charge < -0.3 is 4.74 Å². The molecule has 0 unspecified atom stereocenters. The quantitative estimate of drug-likeness (QED) is 0.803. The number of aromatic nitrogens is 3. The van der Waals surface area contributed by atoms with Gasteiger partial charge in [-0.25, -0.2) is 9.50 Å². The number of methoxy groups -OCH3 is 1. The SMILES string of the molecule is COC(=O)CCc1nc2ccc(Br)cn2n1. The van der Waals surface area contributed by atoms with Crippen LogP contribution in [0.2, 0.25) is 0 Å². The first-order valence-corrected chi connectivity index (χ1v) is 5.56. The van der Waals surface area contributed by atoms with Crippen molar-refractivity contribution < 1.29 is 9.53 Å². The van der Waals surface area contributed by atoms with Crippen molar-refractivity contribution in [3.8, 4) is 0 Å². The number of nitrogens with zero attached hydrogens (tertiary/aromatic N) is 3. The fraction of sp³-hybridized carbons (Fsp3) is 0.300. The molecule has 0 spiro atoms. The zero-order valence-electron chi connectivity index (χ0n) is 8.68. The lowest BCUT2D eigenvalue weighted by molar-refractivity contribution is -0.140. The normalized spacial score (nSPS) is 10.6. The van der Waals surface area contributed by atoms with Crippen molar-refractivity contribution in [2.45, 2.75) is 12.8 Å². The lowest BCUT2D eigenvalue weighted by atomic mass is 10.3. The van der Waals surface area contributed by atoms with Gasteiger partial charge in [0.25, 0.3) is 0 Å². The molecular formula is C10H10BrN3O2. The summed E-state index contributed by atoms with van der Waals surface area (Å²) in [6, 6.07) is 3.76. The summed E-state index contributed by atoms with van der Waals surface area (Å²) in [5.74, 6) is 0.392. The van der Waals surface area contributed by atoms with E-state index in [-0.39, 0.29) is 5.97 Å². The zero-order chi connectivity index (χ0) is 11.5. The van der Waals surface area contributed by atoms with Crippen molar-refractivity contribution in [3.05, 3.63) is 28.6 Å². The Bertz CT molecular complexity index is 524. The molecule has 0 radical (unpaired) electrons. The van der Waals surface area contributed by atoms with E-state index in [4.69, 9.17) is 0 Å². The van der Waals surface area contributed by atoms with Crippen molar-refractivity contribution in [1.29, 1.82) is 0 Å². The van der Waals surface area contributed by atoms with Crippen molar-refractivity contribution >= 4 is 27.5 Å². The minimum atomic E-state index is -0.250. The summed E-state index contributed by atoms with van der Waals surface area (Å²) in [6.45, 7) is 0. The lowest BCUT2D eigenvalue weighted by Gasteiger charge is -1.94. The molecule has 2 aromatic heterocycles. The minimum absolute atomic E-state index is 0.250. The topological polar surface area (TPSA) is 56.5 Å². The van der Waals surface area contributed by atoms with Gasteiger partial charge >= 0.3 is 5.97 Å². The molecule has 5 nitrogen and oxygen atoms in total. The number of carbonyl (C=O) groups excluding carboxylic acids is 1. The first-order chi connectivity index (χ1) is 7.69. The van der Waals surface area contributed by atoms with Crippen LogP contribution >= 0.6 is 15.9 Å². The van der Waals surface area contributed by atoms with Crippen LogP contribution in [0.15, 0.2) is 22.8 Å². The number of pyridine rings is 1. The first kappa shape index (κ1) is 11.1. The van der Waals surface area contributed by atoms with Gasteiger partial charge in [0.05, 0.1) is 13.5 Å². The number of aryl methyl sites for hydroxylation is 1. The van der Waals surface area contributed by atoms with Crippen LogP contribution in [0.4, 0.5) is 0 Å². The number of rotatable bonds is 3. The van der Waals surface area contributed by atoms with Gasteiger partial charge in [-0.05, 0) is 28.1 Å². The maximum absolute atomic E-state index is 11.0. The van der Waals surface area contributed by atoms with Crippen LogP contribution in [0.3, 0.4) is 0 Å². The zero-order valence-corrected chi connectivity index (χ0v) is 10.3. The molecule has 0 aromatic carbocycles. The molecular weight excluding hydrogens is 274 g/mol. The monoisotopic (exact) mass is 283 g/mol. The Balaban J connectivity index is 2.16. The summed E-state index contributed by atoms with van der Waals surface area (Å²) in [5, 5.41) is 4.25. The number of fused-ring (bicyclic) bond motifs is 1. The number of halogens is 1. The highest BCUT2D eigenvalue weighted by Gasteiger charge is 2.07. The smallest absolute Gasteiger partial charge is 0.305 e. The van der Waals surface area contributed by atoms with Gasteiger partial charge in [0.1, 0.15) is 0 Å². The molecule has 0 fully saturated rings. The van der Waals surface area contributed by atoms with Gasteiger partial charge in [0, 0.05) is 17.1 Å². The van der Waals surface area contributed by atoms with Crippen molar-refractivity contribution in [1.82, 2.24) is 14.6 Å². The Morgan fingerprint density at radius 1 is 1.56 bits per heavy atom. The van der Waals surface area contributed by atoms with Crippen LogP contribution in [-0.2, 0) is 16.0 Å². The average Bonchev–Trinajstić information content (AvgIpc) is 2.67. The van der Waals surface area contributed by atoms with Crippen molar-refractivity contribution in [2.75, 3.05) is 7.11 Å². The largest absolute Gasteiger partial charge is 0.469 e. The van der Waals surface area contributed by atoms with Crippen LogP contribution < -0.4 is 0 Å². The van der Waals surface area contributed by atoms with Gasteiger partial charge in [-0.2, -0.15) is 5.10 Å². The van der Waals surface area contributed by atoms with Gasteiger partial charge in [-0.1, -0.05) is 0 Å². The highest BCUT2D eigenvalue weighted by atomic mass is 79.9. The summed E-state index contributed by atoms with van der Waals surface area (Å²) in [7, 11) is 1.37. The minimum Gasteiger partial charge on any atom is -0.469 e. The van der Waals surface area contributed by atoms with Gasteiger partial charge in [0.15, 0.2) is 11.5 Å². The van der Waals surface area contributed by atoms with Crippen molar-refractivity contribution in [2.24, 2.45) is 0 Å². The van der Waals surface area contributed by atoms with Crippen LogP contribution in [-0.4, -0.2) is 27.7 Å². The first-order valence-electron chi connectivity index (χ1n) is 4.76. The molecule has 0 saturated carbocycles. The predicted molar refractivity (Wildman–Crippen MR) is 61.0 cm³/mol. The molecule has 0 atom stereocenters. The summed E-state index contributed by atoms with van der Waals surface area (Å²) in [5.41, 5.74) is 0.767. The van der Waals surface area contributed by atoms with Crippen LogP contribution in [0, 0.1) is 0 Å². The van der Waals surface area contributed by atoms with E-state index in [1.165, 1.54) is 7.11 Å². The van der Waals surface area contributed by atoms with E-state index in [0.29, 0.717) is 18.7 Å². The Kier molecular flexibility index (Phi) is 3.19. The van der Waals surface area contributed by atoms with E-state index in [0.717, 1.165) is 10.1 Å². The second kappa shape index (κ2) is 4.61. The summed E-state index contributed by atoms with van der Waals surface area (Å²) < 4.78 is 7.17. The van der Waals surface area contributed by atoms with Gasteiger partial charge in [-0.3, -0.25) is 4.79 Å². The molecule has 2 rings (SSSR count). The molecule has 0 N–H and O–H groups in total. The van der Waals surface area contributed by atoms with E-state index >= 15 is 0 Å². The van der Waals surface area contributed by atoms with Crippen molar-refractivity contribution in [3.63, 3.8) is 0 Å². The molecule has 0 aliphatic carbocycles. The predicted octanol–water partition coefficient (Wildman–Crippen LogP) is 1.60. The van der Waals surface area contributed by atoms with E-state index in [2.05, 4.69) is 30.7 Å². The van der Waals surface area contributed by atoms with Crippen LogP contribution in [0.1, 0.15) is 12.2 Å². The Labute approximate surface area is 101 Å². The average molecular weight is 284 g/mol. The maximum Gasteiger partial charge on any atom is 0.305 e. The molecule has 0 bridgehead atoms. The number of carbonyl (C=O) groups is 1. The summed E-state index contributed by atoms with van der Waals surface area (Å²) >= 11 is 3.35. The highest BCUT2D eigenvalue weighted by molar-refractivity contribution is 9.10. The molecule has 16 heavy (non-hydrogen) atoms. The number of hydrogen-bond acceptors (Lipinski definition) is 4.